The Morgan fingerprint density at radius 3 is 2.30 bits per heavy atom. The predicted octanol–water partition coefficient (Wildman–Crippen LogP) is 3.54. The number of para-hydroxylation sites is 1. The summed E-state index contributed by atoms with van der Waals surface area (Å²) < 4.78 is 17.1. The third-order valence-corrected chi connectivity index (χ3v) is 3.79. The van der Waals surface area contributed by atoms with Crippen molar-refractivity contribution >= 4 is 21.6 Å². The highest BCUT2D eigenvalue weighted by atomic mass is 79.9. The van der Waals surface area contributed by atoms with Crippen molar-refractivity contribution in [2.75, 3.05) is 20.0 Å². The highest BCUT2D eigenvalue weighted by molar-refractivity contribution is 9.10. The number of ether oxygens (including phenoxy) is 3. The van der Waals surface area contributed by atoms with Crippen molar-refractivity contribution in [3.8, 4) is 23.1 Å². The zero-order chi connectivity index (χ0) is 14.7. The molecule has 1 aromatic heterocycles. The van der Waals surface area contributed by atoms with Gasteiger partial charge in [-0.25, -0.2) is 4.98 Å². The highest BCUT2D eigenvalue weighted by Gasteiger charge is 2.16. The lowest BCUT2D eigenvalue weighted by atomic mass is 10.2. The van der Waals surface area contributed by atoms with E-state index in [1.54, 1.807) is 32.5 Å². The first-order valence-electron chi connectivity index (χ1n) is 5.88. The lowest BCUT2D eigenvalue weighted by molar-refractivity contribution is 0.341. The van der Waals surface area contributed by atoms with Gasteiger partial charge in [-0.05, 0) is 40.5 Å². The van der Waals surface area contributed by atoms with Crippen molar-refractivity contribution in [2.24, 2.45) is 0 Å². The van der Waals surface area contributed by atoms with Crippen LogP contribution in [0.25, 0.3) is 0 Å². The van der Waals surface area contributed by atoms with Gasteiger partial charge in [-0.3, -0.25) is 0 Å². The average Bonchev–Trinajstić information content (AvgIpc) is 2.47. The zero-order valence-corrected chi connectivity index (χ0v) is 13.0. The van der Waals surface area contributed by atoms with Gasteiger partial charge in [0.25, 0.3) is 0 Å². The minimum absolute atomic E-state index is 0.402. The van der Waals surface area contributed by atoms with E-state index in [1.807, 2.05) is 13.0 Å². The Balaban J connectivity index is 2.47. The van der Waals surface area contributed by atoms with Gasteiger partial charge in [0.05, 0.1) is 30.6 Å². The first kappa shape index (κ1) is 14.5. The van der Waals surface area contributed by atoms with E-state index in [2.05, 4.69) is 20.9 Å². The zero-order valence-electron chi connectivity index (χ0n) is 11.4. The van der Waals surface area contributed by atoms with Gasteiger partial charge >= 0.3 is 0 Å². The Kier molecular flexibility index (Phi) is 4.34. The molecule has 1 aromatic carbocycles. The van der Waals surface area contributed by atoms with Crippen molar-refractivity contribution in [1.82, 2.24) is 4.98 Å². The molecule has 0 unspecified atom stereocenters. The number of methoxy groups -OCH3 is 2. The van der Waals surface area contributed by atoms with Crippen molar-refractivity contribution in [3.63, 3.8) is 0 Å². The Bertz CT molecular complexity index is 610. The molecule has 0 amide bonds. The van der Waals surface area contributed by atoms with E-state index in [1.165, 1.54) is 0 Å². The maximum atomic E-state index is 5.83. The number of halogens is 1. The molecular weight excluding hydrogens is 324 g/mol. The fraction of sp³-hybridized carbons (Fsp3) is 0.214. The molecular formula is C14H15BrN2O3. The Morgan fingerprint density at radius 1 is 1.15 bits per heavy atom. The molecule has 106 valence electrons. The fourth-order valence-corrected chi connectivity index (χ4v) is 2.07. The summed E-state index contributed by atoms with van der Waals surface area (Å²) in [5.41, 5.74) is 7.26. The van der Waals surface area contributed by atoms with Crippen molar-refractivity contribution in [1.29, 1.82) is 0 Å². The van der Waals surface area contributed by atoms with Crippen LogP contribution in [0.1, 0.15) is 5.56 Å². The monoisotopic (exact) mass is 338 g/mol. The van der Waals surface area contributed by atoms with Gasteiger partial charge in [0.15, 0.2) is 11.5 Å². The van der Waals surface area contributed by atoms with E-state index in [-0.39, 0.29) is 0 Å². The standard InChI is InChI=1S/C14H15BrN2O3/c1-8-9(16)7-17-14(12(8)15)20-13-10(18-2)5-4-6-11(13)19-3/h4-7H,16H2,1-3H3. The first-order valence-corrected chi connectivity index (χ1v) is 6.67. The molecule has 20 heavy (non-hydrogen) atoms. The molecule has 0 aliphatic rings. The molecule has 0 bridgehead atoms. The van der Waals surface area contributed by atoms with Gasteiger partial charge in [0, 0.05) is 0 Å². The molecule has 0 aliphatic carbocycles. The van der Waals surface area contributed by atoms with Crippen LogP contribution in [0.3, 0.4) is 0 Å². The summed E-state index contributed by atoms with van der Waals surface area (Å²) >= 11 is 3.43. The quantitative estimate of drug-likeness (QED) is 0.923. The molecule has 2 rings (SSSR count). The van der Waals surface area contributed by atoms with E-state index in [0.29, 0.717) is 33.3 Å². The van der Waals surface area contributed by atoms with Crippen LogP contribution in [-0.4, -0.2) is 19.2 Å². The maximum Gasteiger partial charge on any atom is 0.234 e. The van der Waals surface area contributed by atoms with Gasteiger partial charge < -0.3 is 19.9 Å². The van der Waals surface area contributed by atoms with Crippen LogP contribution >= 0.6 is 15.9 Å². The fourth-order valence-electron chi connectivity index (χ4n) is 1.65. The second-order valence-corrected chi connectivity index (χ2v) is 4.84. The molecule has 5 nitrogen and oxygen atoms in total. The topological polar surface area (TPSA) is 66.6 Å². The Labute approximate surface area is 125 Å². The number of benzene rings is 1. The third kappa shape index (κ3) is 2.65. The van der Waals surface area contributed by atoms with Crippen LogP contribution in [-0.2, 0) is 0 Å². The minimum atomic E-state index is 0.402. The van der Waals surface area contributed by atoms with E-state index in [0.717, 1.165) is 5.56 Å². The van der Waals surface area contributed by atoms with Crippen LogP contribution in [0, 0.1) is 6.92 Å². The largest absolute Gasteiger partial charge is 0.493 e. The highest BCUT2D eigenvalue weighted by Crippen LogP contribution is 2.42. The van der Waals surface area contributed by atoms with E-state index in [4.69, 9.17) is 19.9 Å². The number of rotatable bonds is 4. The summed E-state index contributed by atoms with van der Waals surface area (Å²) in [5.74, 6) is 1.99. The molecule has 1 heterocycles. The number of nitrogens with two attached hydrogens (primary N) is 1. The SMILES string of the molecule is COc1cccc(OC)c1Oc1ncc(N)c(C)c1Br. The molecule has 2 aromatic rings. The summed E-state index contributed by atoms with van der Waals surface area (Å²) in [6, 6.07) is 5.40. The van der Waals surface area contributed by atoms with Gasteiger partial charge in [-0.15, -0.1) is 0 Å². The number of nitrogens with zero attached hydrogens (tertiary/aromatic N) is 1. The van der Waals surface area contributed by atoms with Crippen LogP contribution in [0.5, 0.6) is 23.1 Å². The van der Waals surface area contributed by atoms with Gasteiger partial charge in [-0.2, -0.15) is 0 Å². The van der Waals surface area contributed by atoms with E-state index < -0.39 is 0 Å². The minimum Gasteiger partial charge on any atom is -0.493 e. The van der Waals surface area contributed by atoms with E-state index in [9.17, 15) is 0 Å². The summed E-state index contributed by atoms with van der Waals surface area (Å²) in [7, 11) is 3.14. The average molecular weight is 339 g/mol. The Hall–Kier alpha value is -1.95. The van der Waals surface area contributed by atoms with E-state index >= 15 is 0 Å². The summed E-state index contributed by atoms with van der Waals surface area (Å²) in [5, 5.41) is 0. The molecule has 0 atom stereocenters. The summed E-state index contributed by atoms with van der Waals surface area (Å²) in [4.78, 5) is 4.18. The smallest absolute Gasteiger partial charge is 0.234 e. The molecule has 2 N–H and O–H groups in total. The second-order valence-electron chi connectivity index (χ2n) is 4.05. The van der Waals surface area contributed by atoms with Crippen LogP contribution < -0.4 is 19.9 Å². The number of nitrogen functional groups attached to an aromatic ring is 1. The Morgan fingerprint density at radius 2 is 1.75 bits per heavy atom. The molecule has 6 heteroatoms. The lowest BCUT2D eigenvalue weighted by Gasteiger charge is -2.15. The molecule has 0 spiro atoms. The number of anilines is 1. The number of hydrogen-bond acceptors (Lipinski definition) is 5. The summed E-state index contributed by atoms with van der Waals surface area (Å²) in [6.07, 6.45) is 1.55. The molecule has 0 saturated carbocycles. The number of aromatic nitrogens is 1. The van der Waals surface area contributed by atoms with Crippen molar-refractivity contribution < 1.29 is 14.2 Å². The number of hydrogen-bond donors (Lipinski definition) is 1. The predicted molar refractivity (Wildman–Crippen MR) is 80.7 cm³/mol. The first-order chi connectivity index (χ1) is 9.58. The summed E-state index contributed by atoms with van der Waals surface area (Å²) in [6.45, 7) is 1.88. The van der Waals surface area contributed by atoms with Crippen molar-refractivity contribution in [2.45, 2.75) is 6.92 Å². The van der Waals surface area contributed by atoms with Crippen molar-refractivity contribution in [3.05, 3.63) is 34.4 Å². The molecule has 0 radical (unpaired) electrons. The normalized spacial score (nSPS) is 10.2. The second kappa shape index (κ2) is 6.00. The lowest BCUT2D eigenvalue weighted by Crippen LogP contribution is -1.99. The van der Waals surface area contributed by atoms with Crippen LogP contribution in [0.4, 0.5) is 5.69 Å². The molecule has 0 fully saturated rings. The number of pyridine rings is 1. The van der Waals surface area contributed by atoms with Crippen LogP contribution in [0.15, 0.2) is 28.9 Å². The maximum absolute atomic E-state index is 5.83. The van der Waals surface area contributed by atoms with Gasteiger partial charge in [0.1, 0.15) is 0 Å². The molecule has 0 saturated heterocycles. The molecule has 0 aliphatic heterocycles. The third-order valence-electron chi connectivity index (χ3n) is 2.85. The van der Waals surface area contributed by atoms with Crippen LogP contribution in [0.2, 0.25) is 0 Å². The van der Waals surface area contributed by atoms with Gasteiger partial charge in [-0.1, -0.05) is 6.07 Å². The van der Waals surface area contributed by atoms with Gasteiger partial charge in [0.2, 0.25) is 11.6 Å².